The van der Waals surface area contributed by atoms with Crippen molar-refractivity contribution in [2.45, 2.75) is 0 Å². The molecule has 72 valence electrons. The smallest absolute Gasteiger partial charge is 0.234 e. The Kier molecular flexibility index (Phi) is 4.17. The summed E-state index contributed by atoms with van der Waals surface area (Å²) in [6.45, 7) is 0. The third kappa shape index (κ3) is 2.86. The lowest BCUT2D eigenvalue weighted by Crippen LogP contribution is -2.12. The van der Waals surface area contributed by atoms with Gasteiger partial charge in [-0.05, 0) is 18.2 Å². The quantitative estimate of drug-likeness (QED) is 0.672. The lowest BCUT2D eigenvalue weighted by atomic mass is 10.2. The molecule has 0 aliphatic rings. The third-order valence-corrected chi connectivity index (χ3v) is 2.50. The van der Waals surface area contributed by atoms with Crippen molar-refractivity contribution < 1.29 is 4.79 Å². The van der Waals surface area contributed by atoms with Crippen LogP contribution in [0.3, 0.4) is 0 Å². The zero-order valence-corrected chi connectivity index (χ0v) is 9.96. The Labute approximate surface area is 100 Å². The van der Waals surface area contributed by atoms with E-state index in [0.29, 0.717) is 20.7 Å². The van der Waals surface area contributed by atoms with Crippen LogP contribution >= 0.6 is 34.2 Å². The fraction of sp³-hybridized carbons (Fsp3) is 0.111. The lowest BCUT2D eigenvalue weighted by Gasteiger charge is -2.03. The van der Waals surface area contributed by atoms with Gasteiger partial charge >= 0.3 is 0 Å². The van der Waals surface area contributed by atoms with Crippen molar-refractivity contribution in [2.24, 2.45) is 0 Å². The van der Waals surface area contributed by atoms with Crippen LogP contribution in [0.1, 0.15) is 5.56 Å². The van der Waals surface area contributed by atoms with Gasteiger partial charge in [-0.1, -0.05) is 34.2 Å². The highest BCUT2D eigenvalue weighted by molar-refractivity contribution is 14.1. The Balaban J connectivity index is 2.88. The number of halogens is 2. The molecular formula is C9H6ClIN2O. The van der Waals surface area contributed by atoms with Gasteiger partial charge in [0.05, 0.1) is 15.0 Å². The van der Waals surface area contributed by atoms with Crippen LogP contribution in [0, 0.1) is 11.3 Å². The summed E-state index contributed by atoms with van der Waals surface area (Å²) in [7, 11) is 0. The van der Waals surface area contributed by atoms with Gasteiger partial charge < -0.3 is 5.32 Å². The fourth-order valence-corrected chi connectivity index (χ4v) is 1.29. The minimum absolute atomic E-state index is 0.0913. The van der Waals surface area contributed by atoms with Crippen molar-refractivity contribution in [3.63, 3.8) is 0 Å². The van der Waals surface area contributed by atoms with Crippen LogP contribution in [-0.4, -0.2) is 10.3 Å². The van der Waals surface area contributed by atoms with E-state index in [9.17, 15) is 4.79 Å². The molecule has 0 aromatic heterocycles. The molecule has 1 rings (SSSR count). The van der Waals surface area contributed by atoms with E-state index in [4.69, 9.17) is 16.9 Å². The van der Waals surface area contributed by atoms with Gasteiger partial charge in [-0.25, -0.2) is 0 Å². The van der Waals surface area contributed by atoms with Crippen LogP contribution in [0.15, 0.2) is 18.2 Å². The molecule has 1 N–H and O–H groups in total. The number of nitrogens with zero attached hydrogens (tertiary/aromatic N) is 1. The standard InChI is InChI=1S/C9H6ClIN2O/c10-8-3-7(13-9(14)4-11)2-1-6(8)5-12/h1-3H,4H2,(H,13,14). The topological polar surface area (TPSA) is 52.9 Å². The van der Waals surface area contributed by atoms with Gasteiger partial charge in [0.2, 0.25) is 5.91 Å². The van der Waals surface area contributed by atoms with E-state index in [-0.39, 0.29) is 5.91 Å². The summed E-state index contributed by atoms with van der Waals surface area (Å²) in [5.74, 6) is -0.0913. The van der Waals surface area contributed by atoms with Gasteiger partial charge in [-0.3, -0.25) is 4.79 Å². The van der Waals surface area contributed by atoms with E-state index < -0.39 is 0 Å². The molecule has 0 atom stereocenters. The van der Waals surface area contributed by atoms with Crippen molar-refractivity contribution in [1.29, 1.82) is 5.26 Å². The largest absolute Gasteiger partial charge is 0.325 e. The molecule has 0 radical (unpaired) electrons. The highest BCUT2D eigenvalue weighted by Gasteiger charge is 2.03. The summed E-state index contributed by atoms with van der Waals surface area (Å²) < 4.78 is 0.384. The Morgan fingerprint density at radius 2 is 2.36 bits per heavy atom. The van der Waals surface area contributed by atoms with Crippen molar-refractivity contribution in [3.8, 4) is 6.07 Å². The van der Waals surface area contributed by atoms with E-state index in [1.165, 1.54) is 0 Å². The number of alkyl halides is 1. The minimum atomic E-state index is -0.0913. The second-order valence-electron chi connectivity index (χ2n) is 2.49. The number of nitriles is 1. The van der Waals surface area contributed by atoms with Crippen LogP contribution < -0.4 is 5.32 Å². The second-order valence-corrected chi connectivity index (χ2v) is 3.66. The van der Waals surface area contributed by atoms with E-state index in [2.05, 4.69) is 5.32 Å². The molecule has 0 aliphatic carbocycles. The molecule has 5 heteroatoms. The molecule has 0 aliphatic heterocycles. The summed E-state index contributed by atoms with van der Waals surface area (Å²) >= 11 is 7.75. The maximum Gasteiger partial charge on any atom is 0.234 e. The van der Waals surface area contributed by atoms with Crippen LogP contribution in [0.5, 0.6) is 0 Å². The van der Waals surface area contributed by atoms with Gasteiger partial charge in [0.15, 0.2) is 0 Å². The lowest BCUT2D eigenvalue weighted by molar-refractivity contribution is -0.113. The molecule has 1 amide bonds. The Morgan fingerprint density at radius 3 is 2.86 bits per heavy atom. The Bertz CT molecular complexity index is 400. The first kappa shape index (κ1) is 11.3. The Hall–Kier alpha value is -0.800. The maximum atomic E-state index is 11.0. The number of hydrogen-bond donors (Lipinski definition) is 1. The van der Waals surface area contributed by atoms with Gasteiger partial charge in [0.25, 0.3) is 0 Å². The second kappa shape index (κ2) is 5.17. The Morgan fingerprint density at radius 1 is 1.64 bits per heavy atom. The van der Waals surface area contributed by atoms with E-state index in [0.717, 1.165) is 0 Å². The number of hydrogen-bond acceptors (Lipinski definition) is 2. The number of anilines is 1. The van der Waals surface area contributed by atoms with E-state index in [1.807, 2.05) is 28.7 Å². The molecule has 14 heavy (non-hydrogen) atoms. The fourth-order valence-electron chi connectivity index (χ4n) is 0.878. The first-order valence-electron chi connectivity index (χ1n) is 3.73. The summed E-state index contributed by atoms with van der Waals surface area (Å²) in [5.41, 5.74) is 1.01. The minimum Gasteiger partial charge on any atom is -0.325 e. The number of benzene rings is 1. The van der Waals surface area contributed by atoms with Crippen molar-refractivity contribution in [2.75, 3.05) is 9.74 Å². The van der Waals surface area contributed by atoms with Crippen molar-refractivity contribution >= 4 is 45.8 Å². The number of carbonyl (C=O) groups is 1. The highest BCUT2D eigenvalue weighted by atomic mass is 127. The van der Waals surface area contributed by atoms with Crippen LogP contribution in [-0.2, 0) is 4.79 Å². The molecule has 3 nitrogen and oxygen atoms in total. The predicted octanol–water partition coefficient (Wildman–Crippen LogP) is 2.59. The van der Waals surface area contributed by atoms with Gasteiger partial charge in [0.1, 0.15) is 6.07 Å². The van der Waals surface area contributed by atoms with Crippen molar-refractivity contribution in [3.05, 3.63) is 28.8 Å². The van der Waals surface area contributed by atoms with Gasteiger partial charge in [-0.2, -0.15) is 5.26 Å². The summed E-state index contributed by atoms with van der Waals surface area (Å²) in [4.78, 5) is 11.0. The zero-order chi connectivity index (χ0) is 10.6. The average molecular weight is 321 g/mol. The highest BCUT2D eigenvalue weighted by Crippen LogP contribution is 2.20. The van der Waals surface area contributed by atoms with Crippen LogP contribution in [0.4, 0.5) is 5.69 Å². The molecule has 0 heterocycles. The van der Waals surface area contributed by atoms with Crippen LogP contribution in [0.25, 0.3) is 0 Å². The number of carbonyl (C=O) groups excluding carboxylic acids is 1. The third-order valence-electron chi connectivity index (χ3n) is 1.49. The predicted molar refractivity (Wildman–Crippen MR) is 63.7 cm³/mol. The molecule has 0 saturated heterocycles. The monoisotopic (exact) mass is 320 g/mol. The molecule has 0 bridgehead atoms. The number of rotatable bonds is 2. The molecule has 1 aromatic carbocycles. The van der Waals surface area contributed by atoms with Gasteiger partial charge in [0, 0.05) is 5.69 Å². The van der Waals surface area contributed by atoms with E-state index in [1.54, 1.807) is 18.2 Å². The maximum absolute atomic E-state index is 11.0. The average Bonchev–Trinajstić information content (AvgIpc) is 2.18. The summed E-state index contributed by atoms with van der Waals surface area (Å²) in [5, 5.41) is 11.6. The summed E-state index contributed by atoms with van der Waals surface area (Å²) in [6, 6.07) is 6.73. The molecular weight excluding hydrogens is 314 g/mol. The molecule has 0 fully saturated rings. The van der Waals surface area contributed by atoms with Crippen LogP contribution in [0.2, 0.25) is 5.02 Å². The normalized spacial score (nSPS) is 9.21. The van der Waals surface area contributed by atoms with E-state index >= 15 is 0 Å². The first-order chi connectivity index (χ1) is 6.67. The molecule has 0 unspecified atom stereocenters. The number of amides is 1. The van der Waals surface area contributed by atoms with Gasteiger partial charge in [-0.15, -0.1) is 0 Å². The molecule has 1 aromatic rings. The van der Waals surface area contributed by atoms with Crippen molar-refractivity contribution in [1.82, 2.24) is 0 Å². The summed E-state index contributed by atoms with van der Waals surface area (Å²) in [6.07, 6.45) is 0. The SMILES string of the molecule is N#Cc1ccc(NC(=O)CI)cc1Cl. The number of nitrogens with one attached hydrogen (secondary N) is 1. The molecule has 0 spiro atoms. The first-order valence-corrected chi connectivity index (χ1v) is 5.63. The molecule has 0 saturated carbocycles. The zero-order valence-electron chi connectivity index (χ0n) is 7.05.